The minimum absolute atomic E-state index is 0.0155. The smallest absolute Gasteiger partial charge is 0.137 e. The van der Waals surface area contributed by atoms with Gasteiger partial charge in [0.2, 0.25) is 0 Å². The van der Waals surface area contributed by atoms with Crippen molar-refractivity contribution in [1.82, 2.24) is 14.5 Å². The summed E-state index contributed by atoms with van der Waals surface area (Å²) < 4.78 is 8.99. The number of para-hydroxylation sites is 1. The maximum atomic E-state index is 6.72. The lowest BCUT2D eigenvalue weighted by atomic mass is 9.68. The number of rotatable bonds is 3. The van der Waals surface area contributed by atoms with Gasteiger partial charge in [-0.05, 0) is 86.7 Å². The summed E-state index contributed by atoms with van der Waals surface area (Å²) in [6.45, 7) is 23.0. The highest BCUT2D eigenvalue weighted by Crippen LogP contribution is 2.61. The molecule has 4 nitrogen and oxygen atoms in total. The highest BCUT2D eigenvalue weighted by atomic mass is 16.5. The van der Waals surface area contributed by atoms with Crippen molar-refractivity contribution in [2.24, 2.45) is 0 Å². The van der Waals surface area contributed by atoms with Gasteiger partial charge in [0.1, 0.15) is 17.3 Å². The first-order valence-corrected chi connectivity index (χ1v) is 17.2. The molecule has 48 heavy (non-hydrogen) atoms. The number of hydrogen-bond donors (Lipinski definition) is 0. The van der Waals surface area contributed by atoms with Crippen LogP contribution in [0.4, 0.5) is 0 Å². The van der Waals surface area contributed by atoms with E-state index >= 15 is 0 Å². The molecule has 3 heterocycles. The van der Waals surface area contributed by atoms with Crippen LogP contribution in [0.25, 0.3) is 33.2 Å². The normalized spacial score (nSPS) is 16.4. The average molecular weight is 632 g/mol. The van der Waals surface area contributed by atoms with E-state index in [1.165, 1.54) is 49.7 Å². The van der Waals surface area contributed by atoms with Gasteiger partial charge >= 0.3 is 0 Å². The van der Waals surface area contributed by atoms with Crippen LogP contribution >= 0.6 is 0 Å². The molecular weight excluding hydrogens is 587 g/mol. The molecule has 3 aromatic heterocycles. The van der Waals surface area contributed by atoms with Crippen molar-refractivity contribution < 1.29 is 4.74 Å². The van der Waals surface area contributed by atoms with Crippen molar-refractivity contribution in [2.75, 3.05) is 0 Å². The van der Waals surface area contributed by atoms with Crippen LogP contribution in [0.15, 0.2) is 96.8 Å². The van der Waals surface area contributed by atoms with E-state index < -0.39 is 0 Å². The summed E-state index contributed by atoms with van der Waals surface area (Å²) in [5, 5.41) is 2.38. The maximum absolute atomic E-state index is 6.72. The minimum atomic E-state index is -0.126. The summed E-state index contributed by atoms with van der Waals surface area (Å²) in [6, 6.07) is 28.3. The molecule has 6 aromatic rings. The molecule has 0 fully saturated rings. The summed E-state index contributed by atoms with van der Waals surface area (Å²) in [6.07, 6.45) is 4.00. The topological polar surface area (TPSA) is 39.9 Å². The fourth-order valence-corrected chi connectivity index (χ4v) is 8.35. The van der Waals surface area contributed by atoms with Crippen LogP contribution in [0.1, 0.15) is 103 Å². The van der Waals surface area contributed by atoms with Crippen LogP contribution in [-0.2, 0) is 21.7 Å². The first kappa shape index (κ1) is 30.6. The Morgan fingerprint density at radius 3 is 2.04 bits per heavy atom. The van der Waals surface area contributed by atoms with Crippen LogP contribution in [0.2, 0.25) is 0 Å². The largest absolute Gasteiger partial charge is 0.457 e. The third kappa shape index (κ3) is 4.41. The van der Waals surface area contributed by atoms with Crippen molar-refractivity contribution in [1.29, 1.82) is 0 Å². The standard InChI is InChI=1S/C44H45N3O/c1-41(2,3)26-19-20-45-37(22-26)47-35-14-12-11-13-30(35)31-17-15-29(24-36(31)47)48-28-16-18-33-32(23-28)38-39-34(21-27(25-46-39)42(4,5)6)44(9,10)40(38)43(33,7)8/h11-25H,1-10H3. The van der Waals surface area contributed by atoms with E-state index in [0.717, 1.165) is 34.0 Å². The summed E-state index contributed by atoms with van der Waals surface area (Å²) in [5.41, 5.74) is 12.3. The maximum Gasteiger partial charge on any atom is 0.137 e. The van der Waals surface area contributed by atoms with E-state index in [9.17, 15) is 0 Å². The van der Waals surface area contributed by atoms with E-state index in [1.54, 1.807) is 0 Å². The quantitative estimate of drug-likeness (QED) is 0.195. The number of fused-ring (bicyclic) bond motifs is 7. The van der Waals surface area contributed by atoms with Crippen molar-refractivity contribution >= 4 is 27.4 Å². The molecule has 0 bridgehead atoms. The Morgan fingerprint density at radius 1 is 0.625 bits per heavy atom. The number of nitrogens with zero attached hydrogens (tertiary/aromatic N) is 3. The zero-order valence-corrected chi connectivity index (χ0v) is 29.9. The van der Waals surface area contributed by atoms with Crippen molar-refractivity contribution in [3.8, 4) is 17.3 Å². The number of benzene rings is 3. The molecule has 4 heteroatoms. The van der Waals surface area contributed by atoms with Crippen LogP contribution in [0.5, 0.6) is 11.5 Å². The summed E-state index contributed by atoms with van der Waals surface area (Å²) in [4.78, 5) is 10.0. The molecule has 2 aliphatic carbocycles. The van der Waals surface area contributed by atoms with Gasteiger partial charge in [0.05, 0.1) is 16.7 Å². The molecule has 0 aliphatic heterocycles. The first-order chi connectivity index (χ1) is 22.6. The van der Waals surface area contributed by atoms with Gasteiger partial charge in [-0.25, -0.2) is 4.98 Å². The predicted molar refractivity (Wildman–Crippen MR) is 199 cm³/mol. The van der Waals surface area contributed by atoms with Gasteiger partial charge in [-0.15, -0.1) is 0 Å². The molecule has 242 valence electrons. The molecule has 0 saturated heterocycles. The zero-order valence-electron chi connectivity index (χ0n) is 29.9. The summed E-state index contributed by atoms with van der Waals surface area (Å²) >= 11 is 0. The molecule has 3 aromatic carbocycles. The highest BCUT2D eigenvalue weighted by Gasteiger charge is 2.51. The molecule has 0 atom stereocenters. The fraction of sp³-hybridized carbons (Fsp3) is 0.318. The Kier molecular flexibility index (Phi) is 6.33. The van der Waals surface area contributed by atoms with Crippen molar-refractivity contribution in [3.63, 3.8) is 0 Å². The van der Waals surface area contributed by atoms with Gasteiger partial charge in [-0.1, -0.05) is 99.6 Å². The van der Waals surface area contributed by atoms with Crippen LogP contribution in [0.3, 0.4) is 0 Å². The third-order valence-corrected chi connectivity index (χ3v) is 10.8. The monoisotopic (exact) mass is 631 g/mol. The molecule has 0 radical (unpaired) electrons. The number of aromatic nitrogens is 3. The van der Waals surface area contributed by atoms with Gasteiger partial charge in [-0.3, -0.25) is 9.55 Å². The van der Waals surface area contributed by atoms with Gasteiger partial charge in [0.15, 0.2) is 0 Å². The molecular formula is C44H45N3O. The average Bonchev–Trinajstić information content (AvgIpc) is 3.57. The lowest BCUT2D eigenvalue weighted by molar-refractivity contribution is 0.480. The second kappa shape index (κ2) is 9.92. The Bertz CT molecular complexity index is 2340. The number of hydrogen-bond acceptors (Lipinski definition) is 3. The van der Waals surface area contributed by atoms with E-state index in [2.05, 4.69) is 159 Å². The third-order valence-electron chi connectivity index (χ3n) is 10.8. The van der Waals surface area contributed by atoms with Crippen LogP contribution in [-0.4, -0.2) is 14.5 Å². The second-order valence-electron chi connectivity index (χ2n) is 16.9. The molecule has 0 amide bonds. The Morgan fingerprint density at radius 2 is 1.29 bits per heavy atom. The van der Waals surface area contributed by atoms with Crippen LogP contribution in [0, 0.1) is 0 Å². The summed E-state index contributed by atoms with van der Waals surface area (Å²) in [5.74, 6) is 2.53. The van der Waals surface area contributed by atoms with Gasteiger partial charge < -0.3 is 4.74 Å². The Hall–Kier alpha value is -4.70. The van der Waals surface area contributed by atoms with Crippen molar-refractivity contribution in [2.45, 2.75) is 90.9 Å². The van der Waals surface area contributed by atoms with Crippen LogP contribution < -0.4 is 4.74 Å². The van der Waals surface area contributed by atoms with Crippen molar-refractivity contribution in [3.05, 3.63) is 130 Å². The fourth-order valence-electron chi connectivity index (χ4n) is 8.35. The molecule has 8 rings (SSSR count). The summed E-state index contributed by atoms with van der Waals surface area (Å²) in [7, 11) is 0. The van der Waals surface area contributed by atoms with Gasteiger partial charge in [0, 0.05) is 45.6 Å². The van der Waals surface area contributed by atoms with E-state index in [0.29, 0.717) is 0 Å². The van der Waals surface area contributed by atoms with Gasteiger partial charge in [0.25, 0.3) is 0 Å². The lowest BCUT2D eigenvalue weighted by Gasteiger charge is -2.35. The molecule has 0 unspecified atom stereocenters. The highest BCUT2D eigenvalue weighted by molar-refractivity contribution is 6.09. The number of ether oxygens (including phenoxy) is 1. The molecule has 0 saturated carbocycles. The first-order valence-electron chi connectivity index (χ1n) is 17.2. The number of pyridine rings is 2. The predicted octanol–water partition coefficient (Wildman–Crippen LogP) is 11.3. The lowest BCUT2D eigenvalue weighted by Crippen LogP contribution is -2.30. The van der Waals surface area contributed by atoms with Gasteiger partial charge in [-0.2, -0.15) is 0 Å². The Balaban J connectivity index is 1.24. The minimum Gasteiger partial charge on any atom is -0.457 e. The second-order valence-corrected chi connectivity index (χ2v) is 16.9. The SMILES string of the molecule is CC(C)(C)c1ccnc(-n2c3ccccc3c3ccc(Oc4ccc5c(c4)C4=C(C5(C)C)C(C)(C)c5cc(C(C)(C)C)cnc54)cc32)c1. The van der Waals surface area contributed by atoms with E-state index in [-0.39, 0.29) is 21.7 Å². The Labute approximate surface area is 284 Å². The molecule has 0 N–H and O–H groups in total. The molecule has 2 aliphatic rings. The van der Waals surface area contributed by atoms with E-state index in [1.807, 2.05) is 6.20 Å². The van der Waals surface area contributed by atoms with E-state index in [4.69, 9.17) is 14.7 Å². The number of allylic oxidation sites excluding steroid dienone is 1. The zero-order chi connectivity index (χ0) is 34.0. The molecule has 0 spiro atoms.